The summed E-state index contributed by atoms with van der Waals surface area (Å²) in [7, 11) is -3.24. The Hall–Kier alpha value is -1.44. The number of hydrogen-bond acceptors (Lipinski definition) is 4. The molecule has 1 aliphatic heterocycles. The van der Waals surface area contributed by atoms with E-state index in [0.29, 0.717) is 13.1 Å². The van der Waals surface area contributed by atoms with Crippen LogP contribution in [0.1, 0.15) is 37.8 Å². The third-order valence-electron chi connectivity index (χ3n) is 5.08. The fourth-order valence-electron chi connectivity index (χ4n) is 3.36. The molecule has 1 fully saturated rings. The second-order valence-electron chi connectivity index (χ2n) is 6.91. The first-order valence-corrected chi connectivity index (χ1v) is 11.2. The van der Waals surface area contributed by atoms with Crippen molar-refractivity contribution in [2.75, 3.05) is 32.4 Å². The molecule has 1 saturated heterocycles. The summed E-state index contributed by atoms with van der Waals surface area (Å²) in [6.07, 6.45) is 2.67. The molecule has 1 aromatic rings. The average Bonchev–Trinajstić information content (AvgIpc) is 2.64. The van der Waals surface area contributed by atoms with Gasteiger partial charge in [-0.2, -0.15) is 0 Å². The molecule has 26 heavy (non-hydrogen) atoms. The SMILES string of the molecule is CCN(CC)Cc1ccccc1CNC(=O)C1CCCN(S(C)(=O)=O)C1. The molecule has 1 heterocycles. The fraction of sp³-hybridized carbons (Fsp3) is 0.632. The Morgan fingerprint density at radius 1 is 1.23 bits per heavy atom. The molecule has 0 bridgehead atoms. The zero-order valence-electron chi connectivity index (χ0n) is 16.1. The predicted molar refractivity (Wildman–Crippen MR) is 104 cm³/mol. The summed E-state index contributed by atoms with van der Waals surface area (Å²) in [6.45, 7) is 8.40. The number of rotatable bonds is 8. The second-order valence-corrected chi connectivity index (χ2v) is 8.89. The van der Waals surface area contributed by atoms with Crippen molar-refractivity contribution in [3.8, 4) is 0 Å². The maximum absolute atomic E-state index is 12.5. The molecule has 2 rings (SSSR count). The summed E-state index contributed by atoms with van der Waals surface area (Å²) in [5, 5.41) is 3.01. The highest BCUT2D eigenvalue weighted by molar-refractivity contribution is 7.88. The molecule has 0 saturated carbocycles. The van der Waals surface area contributed by atoms with Crippen LogP contribution in [0.3, 0.4) is 0 Å². The number of piperidine rings is 1. The maximum atomic E-state index is 12.5. The van der Waals surface area contributed by atoms with E-state index in [-0.39, 0.29) is 18.4 Å². The number of hydrogen-bond donors (Lipinski definition) is 1. The van der Waals surface area contributed by atoms with Crippen LogP contribution in [-0.4, -0.2) is 56.0 Å². The summed E-state index contributed by atoms with van der Waals surface area (Å²) in [6, 6.07) is 8.16. The van der Waals surface area contributed by atoms with Crippen molar-refractivity contribution in [3.05, 3.63) is 35.4 Å². The van der Waals surface area contributed by atoms with Crippen molar-refractivity contribution >= 4 is 15.9 Å². The number of benzene rings is 1. The topological polar surface area (TPSA) is 69.7 Å². The van der Waals surface area contributed by atoms with Crippen LogP contribution in [0.15, 0.2) is 24.3 Å². The van der Waals surface area contributed by atoms with E-state index in [1.807, 2.05) is 18.2 Å². The smallest absolute Gasteiger partial charge is 0.224 e. The van der Waals surface area contributed by atoms with E-state index in [1.54, 1.807) is 0 Å². The summed E-state index contributed by atoms with van der Waals surface area (Å²) >= 11 is 0. The normalized spacial score (nSPS) is 18.8. The largest absolute Gasteiger partial charge is 0.352 e. The van der Waals surface area contributed by atoms with E-state index < -0.39 is 10.0 Å². The maximum Gasteiger partial charge on any atom is 0.224 e. The Bertz CT molecular complexity index is 702. The van der Waals surface area contributed by atoms with E-state index in [4.69, 9.17) is 0 Å². The van der Waals surface area contributed by atoms with Crippen LogP contribution in [0, 0.1) is 5.92 Å². The number of nitrogens with one attached hydrogen (secondary N) is 1. The first-order chi connectivity index (χ1) is 12.3. The van der Waals surface area contributed by atoms with Gasteiger partial charge in [0.15, 0.2) is 0 Å². The van der Waals surface area contributed by atoms with E-state index in [1.165, 1.54) is 16.1 Å². The molecular weight excluding hydrogens is 350 g/mol. The van der Waals surface area contributed by atoms with Gasteiger partial charge in [0.1, 0.15) is 0 Å². The summed E-state index contributed by atoms with van der Waals surface area (Å²) in [5.41, 5.74) is 2.33. The minimum Gasteiger partial charge on any atom is -0.352 e. The van der Waals surface area contributed by atoms with Crippen molar-refractivity contribution in [2.45, 2.75) is 39.8 Å². The number of sulfonamides is 1. The highest BCUT2D eigenvalue weighted by atomic mass is 32.2. The highest BCUT2D eigenvalue weighted by Crippen LogP contribution is 2.19. The molecule has 6 nitrogen and oxygen atoms in total. The predicted octanol–water partition coefficient (Wildman–Crippen LogP) is 1.82. The van der Waals surface area contributed by atoms with Crippen molar-refractivity contribution in [3.63, 3.8) is 0 Å². The molecule has 1 aliphatic rings. The van der Waals surface area contributed by atoms with Crippen LogP contribution in [-0.2, 0) is 27.9 Å². The van der Waals surface area contributed by atoms with Crippen LogP contribution in [0.5, 0.6) is 0 Å². The molecule has 0 radical (unpaired) electrons. The van der Waals surface area contributed by atoms with Gasteiger partial charge < -0.3 is 5.32 Å². The van der Waals surface area contributed by atoms with E-state index >= 15 is 0 Å². The first kappa shape index (κ1) is 20.9. The fourth-order valence-corrected chi connectivity index (χ4v) is 4.27. The Kier molecular flexibility index (Phi) is 7.61. The van der Waals surface area contributed by atoms with Crippen LogP contribution in [0.4, 0.5) is 0 Å². The van der Waals surface area contributed by atoms with Gasteiger partial charge in [-0.1, -0.05) is 38.1 Å². The van der Waals surface area contributed by atoms with Gasteiger partial charge in [-0.3, -0.25) is 9.69 Å². The van der Waals surface area contributed by atoms with Gasteiger partial charge in [-0.05, 0) is 37.1 Å². The van der Waals surface area contributed by atoms with E-state index in [2.05, 4.69) is 30.1 Å². The van der Waals surface area contributed by atoms with E-state index in [9.17, 15) is 13.2 Å². The number of nitrogens with zero attached hydrogens (tertiary/aromatic N) is 2. The van der Waals surface area contributed by atoms with Crippen molar-refractivity contribution < 1.29 is 13.2 Å². The lowest BCUT2D eigenvalue weighted by molar-refractivity contribution is -0.126. The highest BCUT2D eigenvalue weighted by Gasteiger charge is 2.30. The molecule has 0 aliphatic carbocycles. The van der Waals surface area contributed by atoms with Gasteiger partial charge in [-0.15, -0.1) is 0 Å². The van der Waals surface area contributed by atoms with Gasteiger partial charge >= 0.3 is 0 Å². The molecule has 1 aromatic carbocycles. The monoisotopic (exact) mass is 381 g/mol. The molecule has 0 spiro atoms. The molecule has 0 aromatic heterocycles. The molecule has 1 atom stereocenters. The van der Waals surface area contributed by atoms with Crippen molar-refractivity contribution in [2.24, 2.45) is 5.92 Å². The lowest BCUT2D eigenvalue weighted by Gasteiger charge is -2.30. The average molecular weight is 382 g/mol. The standard InChI is InChI=1S/C19H31N3O3S/c1-4-21(5-2)14-17-10-7-6-9-16(17)13-20-19(23)18-11-8-12-22(15-18)26(3,24)25/h6-7,9-10,18H,4-5,8,11-15H2,1-3H3,(H,20,23). The Labute approximate surface area is 157 Å². The van der Waals surface area contributed by atoms with E-state index in [0.717, 1.165) is 38.0 Å². The molecule has 1 amide bonds. The zero-order valence-corrected chi connectivity index (χ0v) is 16.9. The second kappa shape index (κ2) is 9.48. The number of amides is 1. The third-order valence-corrected chi connectivity index (χ3v) is 6.35. The van der Waals surface area contributed by atoms with Crippen LogP contribution in [0.2, 0.25) is 0 Å². The summed E-state index contributed by atoms with van der Waals surface area (Å²) in [5.74, 6) is -0.329. The van der Waals surface area contributed by atoms with Crippen molar-refractivity contribution in [1.29, 1.82) is 0 Å². The van der Waals surface area contributed by atoms with Crippen LogP contribution >= 0.6 is 0 Å². The quantitative estimate of drug-likeness (QED) is 0.746. The Morgan fingerprint density at radius 2 is 1.88 bits per heavy atom. The van der Waals surface area contributed by atoms with Gasteiger partial charge in [-0.25, -0.2) is 12.7 Å². The number of carbonyl (C=O) groups excluding carboxylic acids is 1. The number of carbonyl (C=O) groups is 1. The third kappa shape index (κ3) is 5.79. The zero-order chi connectivity index (χ0) is 19.2. The van der Waals surface area contributed by atoms with Crippen LogP contribution in [0.25, 0.3) is 0 Å². The van der Waals surface area contributed by atoms with Gasteiger partial charge in [0.25, 0.3) is 0 Å². The Morgan fingerprint density at radius 3 is 2.50 bits per heavy atom. The molecule has 7 heteroatoms. The molecular formula is C19H31N3O3S. The Balaban J connectivity index is 1.97. The van der Waals surface area contributed by atoms with Crippen LogP contribution < -0.4 is 5.32 Å². The molecule has 1 N–H and O–H groups in total. The van der Waals surface area contributed by atoms with Gasteiger partial charge in [0, 0.05) is 26.2 Å². The lowest BCUT2D eigenvalue weighted by atomic mass is 9.98. The summed E-state index contributed by atoms with van der Waals surface area (Å²) in [4.78, 5) is 14.9. The minimum absolute atomic E-state index is 0.0593. The minimum atomic E-state index is -3.24. The molecule has 146 valence electrons. The summed E-state index contributed by atoms with van der Waals surface area (Å²) < 4.78 is 24.9. The van der Waals surface area contributed by atoms with Crippen molar-refractivity contribution in [1.82, 2.24) is 14.5 Å². The van der Waals surface area contributed by atoms with Gasteiger partial charge in [0.05, 0.1) is 12.2 Å². The lowest BCUT2D eigenvalue weighted by Crippen LogP contribution is -2.44. The first-order valence-electron chi connectivity index (χ1n) is 9.37. The van der Waals surface area contributed by atoms with Gasteiger partial charge in [0.2, 0.25) is 15.9 Å². The molecule has 1 unspecified atom stereocenters.